The minimum Gasteiger partial charge on any atom is -0.481 e. The first-order valence-corrected chi connectivity index (χ1v) is 3.86. The molecule has 0 saturated heterocycles. The largest absolute Gasteiger partial charge is 0.481 e. The van der Waals surface area contributed by atoms with Gasteiger partial charge >= 0.3 is 0 Å². The molecule has 0 aliphatic heterocycles. The van der Waals surface area contributed by atoms with E-state index >= 15 is 0 Å². The highest BCUT2D eigenvalue weighted by Crippen LogP contribution is 2.07. The first kappa shape index (κ1) is 9.00. The molecular weight excluding hydrogens is 152 g/mol. The van der Waals surface area contributed by atoms with Crippen LogP contribution in [0.5, 0.6) is 5.88 Å². The molecule has 0 unspecified atom stereocenters. The number of hydrogen-bond donors (Lipinski definition) is 0. The van der Waals surface area contributed by atoms with E-state index in [1.807, 2.05) is 32.4 Å². The lowest BCUT2D eigenvalue weighted by molar-refractivity contribution is 0.390. The van der Waals surface area contributed by atoms with Crippen molar-refractivity contribution in [3.8, 4) is 5.88 Å². The van der Waals surface area contributed by atoms with Crippen LogP contribution < -0.4 is 4.74 Å². The zero-order chi connectivity index (χ0) is 8.97. The van der Waals surface area contributed by atoms with Crippen molar-refractivity contribution in [1.82, 2.24) is 9.88 Å². The number of aromatic nitrogens is 1. The molecule has 0 fully saturated rings. The first-order valence-electron chi connectivity index (χ1n) is 3.86. The number of nitrogens with zero attached hydrogens (tertiary/aromatic N) is 2. The number of ether oxygens (including phenoxy) is 1. The Morgan fingerprint density at radius 2 is 2.17 bits per heavy atom. The molecule has 1 aromatic rings. The van der Waals surface area contributed by atoms with Gasteiger partial charge in [-0.1, -0.05) is 6.07 Å². The Kier molecular flexibility index (Phi) is 3.05. The maximum Gasteiger partial charge on any atom is 0.212 e. The van der Waals surface area contributed by atoms with Gasteiger partial charge in [0, 0.05) is 18.8 Å². The van der Waals surface area contributed by atoms with Crippen molar-refractivity contribution < 1.29 is 4.74 Å². The number of hydrogen-bond acceptors (Lipinski definition) is 3. The summed E-state index contributed by atoms with van der Waals surface area (Å²) in [5.41, 5.74) is 1.20. The van der Waals surface area contributed by atoms with E-state index in [1.165, 1.54) is 5.56 Å². The fraction of sp³-hybridized carbons (Fsp3) is 0.444. The van der Waals surface area contributed by atoms with E-state index in [4.69, 9.17) is 4.74 Å². The summed E-state index contributed by atoms with van der Waals surface area (Å²) in [6, 6.07) is 3.89. The first-order chi connectivity index (χ1) is 5.72. The summed E-state index contributed by atoms with van der Waals surface area (Å²) in [6.45, 7) is 0.914. The van der Waals surface area contributed by atoms with Crippen LogP contribution in [0.25, 0.3) is 0 Å². The highest BCUT2D eigenvalue weighted by atomic mass is 16.5. The Labute approximate surface area is 73.0 Å². The van der Waals surface area contributed by atoms with E-state index in [0.29, 0.717) is 5.88 Å². The van der Waals surface area contributed by atoms with Crippen molar-refractivity contribution in [1.29, 1.82) is 0 Å². The highest BCUT2D eigenvalue weighted by molar-refractivity contribution is 5.17. The van der Waals surface area contributed by atoms with Crippen LogP contribution in [0.1, 0.15) is 5.56 Å². The van der Waals surface area contributed by atoms with E-state index in [2.05, 4.69) is 9.88 Å². The van der Waals surface area contributed by atoms with Gasteiger partial charge in [-0.3, -0.25) is 0 Å². The van der Waals surface area contributed by atoms with E-state index < -0.39 is 0 Å². The Hall–Kier alpha value is -1.09. The smallest absolute Gasteiger partial charge is 0.212 e. The molecule has 1 rings (SSSR count). The van der Waals surface area contributed by atoms with Crippen molar-refractivity contribution in [3.05, 3.63) is 23.9 Å². The Morgan fingerprint density at radius 1 is 1.42 bits per heavy atom. The van der Waals surface area contributed by atoms with E-state index in [-0.39, 0.29) is 0 Å². The average Bonchev–Trinajstić information content (AvgIpc) is 2.05. The summed E-state index contributed by atoms with van der Waals surface area (Å²) in [4.78, 5) is 6.20. The maximum absolute atomic E-state index is 4.95. The number of rotatable bonds is 3. The zero-order valence-corrected chi connectivity index (χ0v) is 7.74. The molecule has 0 N–H and O–H groups in total. The Bertz CT molecular complexity index is 231. The lowest BCUT2D eigenvalue weighted by atomic mass is 10.3. The third-order valence-electron chi connectivity index (χ3n) is 1.51. The molecular formula is C9H14N2O. The van der Waals surface area contributed by atoms with Crippen LogP contribution in [-0.2, 0) is 6.54 Å². The minimum absolute atomic E-state index is 0.664. The van der Waals surface area contributed by atoms with Crippen LogP contribution in [0.2, 0.25) is 0 Å². The highest BCUT2D eigenvalue weighted by Gasteiger charge is 1.96. The van der Waals surface area contributed by atoms with Gasteiger partial charge in [-0.15, -0.1) is 0 Å². The predicted molar refractivity (Wildman–Crippen MR) is 48.2 cm³/mol. The monoisotopic (exact) mass is 166 g/mol. The van der Waals surface area contributed by atoms with E-state index in [0.717, 1.165) is 6.54 Å². The van der Waals surface area contributed by atoms with Gasteiger partial charge in [0.2, 0.25) is 5.88 Å². The van der Waals surface area contributed by atoms with Crippen molar-refractivity contribution >= 4 is 0 Å². The maximum atomic E-state index is 4.95. The summed E-state index contributed by atoms with van der Waals surface area (Å²) in [7, 11) is 5.68. The van der Waals surface area contributed by atoms with Gasteiger partial charge in [0.25, 0.3) is 0 Å². The normalized spacial score (nSPS) is 10.3. The Balaban J connectivity index is 2.65. The molecule has 0 amide bonds. The van der Waals surface area contributed by atoms with Gasteiger partial charge in [0.15, 0.2) is 0 Å². The van der Waals surface area contributed by atoms with Crippen LogP contribution in [0.4, 0.5) is 0 Å². The molecule has 0 radical (unpaired) electrons. The second kappa shape index (κ2) is 4.07. The Morgan fingerprint density at radius 3 is 2.58 bits per heavy atom. The summed E-state index contributed by atoms with van der Waals surface area (Å²) in [5, 5.41) is 0. The van der Waals surface area contributed by atoms with Crippen LogP contribution in [-0.4, -0.2) is 31.1 Å². The van der Waals surface area contributed by atoms with Crippen molar-refractivity contribution in [2.24, 2.45) is 0 Å². The number of methoxy groups -OCH3 is 1. The van der Waals surface area contributed by atoms with Gasteiger partial charge in [-0.25, -0.2) is 4.98 Å². The zero-order valence-electron chi connectivity index (χ0n) is 7.74. The molecule has 66 valence electrons. The molecule has 3 heteroatoms. The molecule has 3 nitrogen and oxygen atoms in total. The summed E-state index contributed by atoms with van der Waals surface area (Å²) >= 11 is 0. The second-order valence-electron chi connectivity index (χ2n) is 2.95. The van der Waals surface area contributed by atoms with Gasteiger partial charge < -0.3 is 9.64 Å². The fourth-order valence-corrected chi connectivity index (χ4v) is 0.990. The fourth-order valence-electron chi connectivity index (χ4n) is 0.990. The molecule has 1 heterocycles. The van der Waals surface area contributed by atoms with E-state index in [1.54, 1.807) is 7.11 Å². The average molecular weight is 166 g/mol. The molecule has 0 atom stereocenters. The molecule has 0 bridgehead atoms. The van der Waals surface area contributed by atoms with Crippen molar-refractivity contribution in [2.75, 3.05) is 21.2 Å². The second-order valence-corrected chi connectivity index (χ2v) is 2.95. The predicted octanol–water partition coefficient (Wildman–Crippen LogP) is 1.15. The van der Waals surface area contributed by atoms with Crippen LogP contribution in [0.3, 0.4) is 0 Å². The van der Waals surface area contributed by atoms with E-state index in [9.17, 15) is 0 Å². The lowest BCUT2D eigenvalue weighted by Crippen LogP contribution is -2.10. The van der Waals surface area contributed by atoms with Crippen molar-refractivity contribution in [2.45, 2.75) is 6.54 Å². The number of pyridine rings is 1. The SMILES string of the molecule is COc1ccc(CN(C)C)cn1. The summed E-state index contributed by atoms with van der Waals surface area (Å²) < 4.78 is 4.95. The van der Waals surface area contributed by atoms with Crippen LogP contribution in [0, 0.1) is 0 Å². The van der Waals surface area contributed by atoms with Crippen molar-refractivity contribution in [3.63, 3.8) is 0 Å². The van der Waals surface area contributed by atoms with Gasteiger partial charge in [0.05, 0.1) is 7.11 Å². The molecule has 0 aliphatic rings. The van der Waals surface area contributed by atoms with Gasteiger partial charge in [0.1, 0.15) is 0 Å². The van der Waals surface area contributed by atoms with Gasteiger partial charge in [-0.2, -0.15) is 0 Å². The van der Waals surface area contributed by atoms with Crippen LogP contribution >= 0.6 is 0 Å². The topological polar surface area (TPSA) is 25.4 Å². The van der Waals surface area contributed by atoms with Crippen LogP contribution in [0.15, 0.2) is 18.3 Å². The third-order valence-corrected chi connectivity index (χ3v) is 1.51. The third kappa shape index (κ3) is 2.51. The lowest BCUT2D eigenvalue weighted by Gasteiger charge is -2.08. The molecule has 0 aliphatic carbocycles. The summed E-state index contributed by atoms with van der Waals surface area (Å²) in [5.74, 6) is 0.664. The molecule has 12 heavy (non-hydrogen) atoms. The quantitative estimate of drug-likeness (QED) is 0.673. The summed E-state index contributed by atoms with van der Waals surface area (Å²) in [6.07, 6.45) is 1.83. The molecule has 0 spiro atoms. The molecule has 0 saturated carbocycles. The minimum atomic E-state index is 0.664. The van der Waals surface area contributed by atoms with Gasteiger partial charge in [-0.05, 0) is 19.7 Å². The standard InChI is InChI=1S/C9H14N2O/c1-11(2)7-8-4-5-9(12-3)10-6-8/h4-6H,7H2,1-3H3. The molecule has 1 aromatic heterocycles. The molecule has 0 aromatic carbocycles.